The molecule has 168 valence electrons. The fourth-order valence-corrected chi connectivity index (χ4v) is 3.61. The number of ether oxygens (including phenoxy) is 1. The first-order valence-corrected chi connectivity index (χ1v) is 10.3. The zero-order valence-electron chi connectivity index (χ0n) is 18.4. The first-order valence-electron chi connectivity index (χ1n) is 10.3. The van der Waals surface area contributed by atoms with Crippen molar-refractivity contribution in [2.24, 2.45) is 4.99 Å². The highest BCUT2D eigenvalue weighted by Gasteiger charge is 2.17. The molecular weight excluding hydrogens is 505 g/mol. The molecule has 3 rings (SSSR count). The van der Waals surface area contributed by atoms with E-state index in [1.54, 1.807) is 14.2 Å². The number of anilines is 1. The van der Waals surface area contributed by atoms with Crippen LogP contribution in [0.2, 0.25) is 0 Å². The van der Waals surface area contributed by atoms with Crippen molar-refractivity contribution in [3.8, 4) is 5.75 Å². The first-order chi connectivity index (χ1) is 14.6. The maximum atomic E-state index is 12.3. The van der Waals surface area contributed by atoms with Crippen LogP contribution in [0.5, 0.6) is 5.75 Å². The van der Waals surface area contributed by atoms with Gasteiger partial charge < -0.3 is 25.2 Å². The zero-order valence-corrected chi connectivity index (χ0v) is 20.8. The molecule has 1 aliphatic heterocycles. The summed E-state index contributed by atoms with van der Waals surface area (Å²) in [4.78, 5) is 20.6. The normalized spacial score (nSPS) is 13.4. The highest BCUT2D eigenvalue weighted by molar-refractivity contribution is 14.0. The lowest BCUT2D eigenvalue weighted by Gasteiger charge is -2.23. The molecule has 0 unspecified atom stereocenters. The Bertz CT molecular complexity index is 884. The van der Waals surface area contributed by atoms with E-state index in [-0.39, 0.29) is 30.0 Å². The van der Waals surface area contributed by atoms with Gasteiger partial charge in [0.1, 0.15) is 5.75 Å². The molecule has 1 saturated heterocycles. The van der Waals surface area contributed by atoms with Crippen LogP contribution >= 0.6 is 24.0 Å². The molecule has 2 aromatic carbocycles. The number of hydrogen-bond donors (Lipinski definition) is 2. The van der Waals surface area contributed by atoms with Gasteiger partial charge in [0.05, 0.1) is 7.11 Å². The summed E-state index contributed by atoms with van der Waals surface area (Å²) in [6, 6.07) is 15.9. The molecule has 2 aromatic rings. The van der Waals surface area contributed by atoms with Gasteiger partial charge in [0, 0.05) is 51.5 Å². The van der Waals surface area contributed by atoms with E-state index >= 15 is 0 Å². The van der Waals surface area contributed by atoms with Gasteiger partial charge in [-0.1, -0.05) is 30.3 Å². The van der Waals surface area contributed by atoms with E-state index in [1.165, 1.54) is 0 Å². The van der Waals surface area contributed by atoms with Crippen molar-refractivity contribution < 1.29 is 9.53 Å². The van der Waals surface area contributed by atoms with Gasteiger partial charge in [-0.3, -0.25) is 4.99 Å². The molecule has 0 spiro atoms. The number of para-hydroxylation sites is 1. The average Bonchev–Trinajstić information content (AvgIpc) is 3.30. The molecule has 2 N–H and O–H groups in total. The molecular formula is C23H32IN5O2. The van der Waals surface area contributed by atoms with Crippen LogP contribution in [-0.2, 0) is 13.1 Å². The number of aliphatic imine (C=N–C) groups is 1. The number of rotatable bonds is 6. The molecule has 8 heteroatoms. The smallest absolute Gasteiger partial charge is 0.321 e. The minimum atomic E-state index is -0.0232. The van der Waals surface area contributed by atoms with Crippen LogP contribution in [0.25, 0.3) is 0 Å². The number of halogens is 1. The van der Waals surface area contributed by atoms with E-state index in [2.05, 4.69) is 26.6 Å². The lowest BCUT2D eigenvalue weighted by atomic mass is 10.2. The summed E-state index contributed by atoms with van der Waals surface area (Å²) in [6.45, 7) is 2.95. The topological polar surface area (TPSA) is 69.2 Å². The number of amides is 2. The third-order valence-electron chi connectivity index (χ3n) is 5.20. The van der Waals surface area contributed by atoms with Gasteiger partial charge in [0.25, 0.3) is 0 Å². The third kappa shape index (κ3) is 7.02. The van der Waals surface area contributed by atoms with Crippen molar-refractivity contribution in [3.05, 3.63) is 59.7 Å². The van der Waals surface area contributed by atoms with Crippen LogP contribution < -0.4 is 15.4 Å². The zero-order chi connectivity index (χ0) is 21.3. The maximum absolute atomic E-state index is 12.3. The van der Waals surface area contributed by atoms with E-state index in [4.69, 9.17) is 4.74 Å². The highest BCUT2D eigenvalue weighted by atomic mass is 127. The van der Waals surface area contributed by atoms with Crippen LogP contribution in [0.15, 0.2) is 53.5 Å². The summed E-state index contributed by atoms with van der Waals surface area (Å²) >= 11 is 0. The molecule has 0 bridgehead atoms. The van der Waals surface area contributed by atoms with E-state index in [1.807, 2.05) is 54.4 Å². The maximum Gasteiger partial charge on any atom is 0.321 e. The lowest BCUT2D eigenvalue weighted by Crippen LogP contribution is -2.38. The molecule has 1 aliphatic rings. The fraction of sp³-hybridized carbons (Fsp3) is 0.391. The number of nitrogens with zero attached hydrogens (tertiary/aromatic N) is 3. The van der Waals surface area contributed by atoms with Gasteiger partial charge in [-0.25, -0.2) is 4.79 Å². The van der Waals surface area contributed by atoms with Crippen LogP contribution in [0.1, 0.15) is 24.0 Å². The number of methoxy groups -OCH3 is 1. The van der Waals surface area contributed by atoms with E-state index in [9.17, 15) is 4.79 Å². The number of carbonyl (C=O) groups is 1. The Labute approximate surface area is 201 Å². The Morgan fingerprint density at radius 3 is 2.61 bits per heavy atom. The Morgan fingerprint density at radius 1 is 1.16 bits per heavy atom. The minimum absolute atomic E-state index is 0. The molecule has 1 fully saturated rings. The summed E-state index contributed by atoms with van der Waals surface area (Å²) in [6.07, 6.45) is 2.16. The number of likely N-dealkylation sites (tertiary alicyclic amines) is 1. The van der Waals surface area contributed by atoms with Gasteiger partial charge in [-0.2, -0.15) is 0 Å². The Morgan fingerprint density at radius 2 is 1.90 bits per heavy atom. The predicted molar refractivity (Wildman–Crippen MR) is 136 cm³/mol. The van der Waals surface area contributed by atoms with Gasteiger partial charge in [-0.15, -0.1) is 24.0 Å². The van der Waals surface area contributed by atoms with E-state index in [0.717, 1.165) is 54.5 Å². The number of urea groups is 1. The van der Waals surface area contributed by atoms with Crippen LogP contribution in [0, 0.1) is 0 Å². The lowest BCUT2D eigenvalue weighted by molar-refractivity contribution is 0.222. The Balaban J connectivity index is 0.00000341. The Hall–Kier alpha value is -2.49. The fourth-order valence-electron chi connectivity index (χ4n) is 3.61. The number of carbonyl (C=O) groups excluding carboxylic acids is 1. The van der Waals surface area contributed by atoms with E-state index < -0.39 is 0 Å². The number of benzene rings is 2. The van der Waals surface area contributed by atoms with Crippen molar-refractivity contribution >= 4 is 41.7 Å². The molecule has 0 atom stereocenters. The first kappa shape index (κ1) is 24.8. The van der Waals surface area contributed by atoms with Crippen molar-refractivity contribution in [1.82, 2.24) is 15.1 Å². The van der Waals surface area contributed by atoms with Gasteiger partial charge >= 0.3 is 6.03 Å². The molecule has 0 saturated carbocycles. The third-order valence-corrected chi connectivity index (χ3v) is 5.20. The predicted octanol–water partition coefficient (Wildman–Crippen LogP) is 4.15. The van der Waals surface area contributed by atoms with Crippen molar-refractivity contribution in [2.45, 2.75) is 25.9 Å². The summed E-state index contributed by atoms with van der Waals surface area (Å²) < 4.78 is 5.45. The van der Waals surface area contributed by atoms with Gasteiger partial charge in [0.15, 0.2) is 5.96 Å². The SMILES string of the molecule is CN=C(NCc1cccc(NC(=O)N2CCCC2)c1)N(C)Cc1ccccc1OC.I. The van der Waals surface area contributed by atoms with Gasteiger partial charge in [0.2, 0.25) is 0 Å². The molecule has 31 heavy (non-hydrogen) atoms. The highest BCUT2D eigenvalue weighted by Crippen LogP contribution is 2.19. The minimum Gasteiger partial charge on any atom is -0.496 e. The van der Waals surface area contributed by atoms with Crippen LogP contribution in [0.4, 0.5) is 10.5 Å². The van der Waals surface area contributed by atoms with E-state index in [0.29, 0.717) is 13.1 Å². The monoisotopic (exact) mass is 537 g/mol. The molecule has 1 heterocycles. The number of hydrogen-bond acceptors (Lipinski definition) is 3. The quantitative estimate of drug-likeness (QED) is 0.330. The summed E-state index contributed by atoms with van der Waals surface area (Å²) in [7, 11) is 5.45. The molecule has 7 nitrogen and oxygen atoms in total. The average molecular weight is 537 g/mol. The molecule has 0 aromatic heterocycles. The second-order valence-electron chi connectivity index (χ2n) is 7.39. The van der Waals surface area contributed by atoms with Gasteiger partial charge in [-0.05, 0) is 36.6 Å². The van der Waals surface area contributed by atoms with Crippen molar-refractivity contribution in [2.75, 3.05) is 39.6 Å². The molecule has 0 radical (unpaired) electrons. The number of guanidine groups is 1. The summed E-state index contributed by atoms with van der Waals surface area (Å²) in [5, 5.41) is 6.39. The standard InChI is InChI=1S/C23H31N5O2.HI/c1-24-22(27(2)17-19-10-4-5-12-21(19)30-3)25-16-18-9-8-11-20(15-18)26-23(29)28-13-6-7-14-28;/h4-5,8-12,15H,6-7,13-14,16-17H2,1-3H3,(H,24,25)(H,26,29);1H. The molecule has 2 amide bonds. The van der Waals surface area contributed by atoms with Crippen molar-refractivity contribution in [3.63, 3.8) is 0 Å². The van der Waals surface area contributed by atoms with Crippen molar-refractivity contribution in [1.29, 1.82) is 0 Å². The largest absolute Gasteiger partial charge is 0.496 e. The summed E-state index contributed by atoms with van der Waals surface area (Å²) in [5.74, 6) is 1.65. The van der Waals surface area contributed by atoms with Crippen LogP contribution in [0.3, 0.4) is 0 Å². The Kier molecular flexibility index (Phi) is 9.90. The number of nitrogens with one attached hydrogen (secondary N) is 2. The molecule has 0 aliphatic carbocycles. The second-order valence-corrected chi connectivity index (χ2v) is 7.39. The van der Waals surface area contributed by atoms with Crippen LogP contribution in [-0.4, -0.2) is 56.1 Å². The second kappa shape index (κ2) is 12.4. The summed E-state index contributed by atoms with van der Waals surface area (Å²) in [5.41, 5.74) is 2.97.